The van der Waals surface area contributed by atoms with Gasteiger partial charge in [0.05, 0.1) is 13.7 Å². The van der Waals surface area contributed by atoms with Crippen molar-refractivity contribution in [3.05, 3.63) is 29.3 Å². The van der Waals surface area contributed by atoms with E-state index in [2.05, 4.69) is 0 Å². The summed E-state index contributed by atoms with van der Waals surface area (Å²) in [6.07, 6.45) is -4.18. The summed E-state index contributed by atoms with van der Waals surface area (Å²) in [5.41, 5.74) is 7.18. The first-order chi connectivity index (χ1) is 8.89. The Morgan fingerprint density at radius 1 is 1.32 bits per heavy atom. The molecule has 0 aliphatic carbocycles. The van der Waals surface area contributed by atoms with Gasteiger partial charge in [0.25, 0.3) is 0 Å². The van der Waals surface area contributed by atoms with Crippen LogP contribution in [0.3, 0.4) is 0 Å². The lowest BCUT2D eigenvalue weighted by molar-refractivity contribution is -0.146. The van der Waals surface area contributed by atoms with E-state index in [1.165, 1.54) is 12.0 Å². The maximum Gasteiger partial charge on any atom is 0.401 e. The van der Waals surface area contributed by atoms with Gasteiger partial charge in [0.2, 0.25) is 0 Å². The van der Waals surface area contributed by atoms with Gasteiger partial charge >= 0.3 is 6.18 Å². The second kappa shape index (κ2) is 6.77. The zero-order valence-electron chi connectivity index (χ0n) is 11.1. The molecule has 0 fully saturated rings. The molecule has 2 N–H and O–H groups in total. The molecule has 0 bridgehead atoms. The molecule has 0 atom stereocenters. The Kier molecular flexibility index (Phi) is 5.62. The zero-order chi connectivity index (χ0) is 14.5. The van der Waals surface area contributed by atoms with Crippen LogP contribution >= 0.6 is 0 Å². The first kappa shape index (κ1) is 15.8. The maximum absolute atomic E-state index is 12.4. The fourth-order valence-corrected chi connectivity index (χ4v) is 1.88. The van der Waals surface area contributed by atoms with E-state index in [1.54, 1.807) is 25.1 Å². The monoisotopic (exact) mass is 276 g/mol. The van der Waals surface area contributed by atoms with Crippen molar-refractivity contribution in [2.75, 3.05) is 20.2 Å². The molecule has 0 saturated heterocycles. The highest BCUT2D eigenvalue weighted by atomic mass is 19.4. The molecule has 0 unspecified atom stereocenters. The summed E-state index contributed by atoms with van der Waals surface area (Å²) in [4.78, 5) is 1.34. The summed E-state index contributed by atoms with van der Waals surface area (Å²) in [5.74, 6) is 0.658. The van der Waals surface area contributed by atoms with E-state index in [-0.39, 0.29) is 6.54 Å². The fourth-order valence-electron chi connectivity index (χ4n) is 1.88. The molecule has 0 heterocycles. The number of benzene rings is 1. The van der Waals surface area contributed by atoms with Crippen molar-refractivity contribution in [2.24, 2.45) is 5.73 Å². The highest BCUT2D eigenvalue weighted by Crippen LogP contribution is 2.22. The smallest absolute Gasteiger partial charge is 0.401 e. The van der Waals surface area contributed by atoms with Gasteiger partial charge in [-0.15, -0.1) is 0 Å². The molecular weight excluding hydrogens is 257 g/mol. The number of methoxy groups -OCH3 is 1. The molecule has 1 aromatic rings. The summed E-state index contributed by atoms with van der Waals surface area (Å²) < 4.78 is 42.3. The van der Waals surface area contributed by atoms with E-state index < -0.39 is 12.7 Å². The second-order valence-electron chi connectivity index (χ2n) is 4.27. The van der Waals surface area contributed by atoms with E-state index in [0.717, 1.165) is 11.1 Å². The number of rotatable bonds is 6. The molecule has 0 aliphatic rings. The molecule has 1 rings (SSSR count). The Balaban J connectivity index is 2.80. The molecule has 0 aliphatic heterocycles. The third-order valence-electron chi connectivity index (χ3n) is 2.82. The van der Waals surface area contributed by atoms with Crippen LogP contribution in [0.25, 0.3) is 0 Å². The lowest BCUT2D eigenvalue weighted by Crippen LogP contribution is -2.33. The van der Waals surface area contributed by atoms with Gasteiger partial charge in [0.15, 0.2) is 0 Å². The van der Waals surface area contributed by atoms with Gasteiger partial charge in [0, 0.05) is 18.7 Å². The van der Waals surface area contributed by atoms with Crippen LogP contribution in [-0.2, 0) is 13.1 Å². The Morgan fingerprint density at radius 2 is 2.00 bits per heavy atom. The topological polar surface area (TPSA) is 38.5 Å². The van der Waals surface area contributed by atoms with Gasteiger partial charge in [-0.05, 0) is 24.2 Å². The van der Waals surface area contributed by atoms with E-state index in [9.17, 15) is 13.2 Å². The molecule has 6 heteroatoms. The minimum absolute atomic E-state index is 0.243. The van der Waals surface area contributed by atoms with Crippen LogP contribution in [-0.4, -0.2) is 31.3 Å². The minimum atomic E-state index is -4.18. The van der Waals surface area contributed by atoms with Crippen LogP contribution in [0.5, 0.6) is 5.75 Å². The molecule has 0 aromatic heterocycles. The molecule has 0 saturated carbocycles. The SMILES string of the molecule is CCN(Cc1ccc(OC)c(CN)c1)CC(F)(F)F. The van der Waals surface area contributed by atoms with E-state index in [4.69, 9.17) is 10.5 Å². The van der Waals surface area contributed by atoms with Crippen molar-refractivity contribution in [1.29, 1.82) is 0 Å². The average molecular weight is 276 g/mol. The van der Waals surface area contributed by atoms with Crippen molar-refractivity contribution in [2.45, 2.75) is 26.2 Å². The Morgan fingerprint density at radius 3 is 2.47 bits per heavy atom. The second-order valence-corrected chi connectivity index (χ2v) is 4.27. The molecule has 3 nitrogen and oxygen atoms in total. The van der Waals surface area contributed by atoms with Crippen molar-refractivity contribution in [3.8, 4) is 5.75 Å². The third kappa shape index (κ3) is 5.08. The lowest BCUT2D eigenvalue weighted by Gasteiger charge is -2.22. The largest absolute Gasteiger partial charge is 0.496 e. The first-order valence-corrected chi connectivity index (χ1v) is 6.04. The van der Waals surface area contributed by atoms with Crippen LogP contribution in [0.4, 0.5) is 13.2 Å². The fraction of sp³-hybridized carbons (Fsp3) is 0.538. The molecule has 0 radical (unpaired) electrons. The van der Waals surface area contributed by atoms with E-state index in [1.807, 2.05) is 0 Å². The van der Waals surface area contributed by atoms with Crippen molar-refractivity contribution in [1.82, 2.24) is 4.90 Å². The predicted molar refractivity (Wildman–Crippen MR) is 67.9 cm³/mol. The molecule has 1 aromatic carbocycles. The van der Waals surface area contributed by atoms with Crippen LogP contribution in [0.15, 0.2) is 18.2 Å². The number of hydrogen-bond donors (Lipinski definition) is 1. The summed E-state index contributed by atoms with van der Waals surface area (Å²) >= 11 is 0. The number of hydrogen-bond acceptors (Lipinski definition) is 3. The van der Waals surface area contributed by atoms with Gasteiger partial charge in [-0.2, -0.15) is 13.2 Å². The number of nitrogens with zero attached hydrogens (tertiary/aromatic N) is 1. The van der Waals surface area contributed by atoms with E-state index >= 15 is 0 Å². The summed E-state index contributed by atoms with van der Waals surface area (Å²) in [6, 6.07) is 5.29. The van der Waals surface area contributed by atoms with Crippen LogP contribution in [0, 0.1) is 0 Å². The molecule has 108 valence electrons. The quantitative estimate of drug-likeness (QED) is 0.867. The molecule has 19 heavy (non-hydrogen) atoms. The number of nitrogens with two attached hydrogens (primary N) is 1. The Hall–Kier alpha value is -1.27. The highest BCUT2D eigenvalue weighted by Gasteiger charge is 2.30. The number of halogens is 3. The van der Waals surface area contributed by atoms with Crippen LogP contribution < -0.4 is 10.5 Å². The molecule has 0 amide bonds. The maximum atomic E-state index is 12.4. The lowest BCUT2D eigenvalue weighted by atomic mass is 10.1. The van der Waals surface area contributed by atoms with Crippen LogP contribution in [0.1, 0.15) is 18.1 Å². The van der Waals surface area contributed by atoms with Crippen LogP contribution in [0.2, 0.25) is 0 Å². The highest BCUT2D eigenvalue weighted by molar-refractivity contribution is 5.37. The van der Waals surface area contributed by atoms with Crippen molar-refractivity contribution in [3.63, 3.8) is 0 Å². The average Bonchev–Trinajstić information content (AvgIpc) is 2.36. The Bertz CT molecular complexity index is 407. The van der Waals surface area contributed by atoms with Gasteiger partial charge in [-0.25, -0.2) is 0 Å². The van der Waals surface area contributed by atoms with Gasteiger partial charge in [-0.1, -0.05) is 13.0 Å². The molecular formula is C13H19F3N2O. The first-order valence-electron chi connectivity index (χ1n) is 6.04. The third-order valence-corrected chi connectivity index (χ3v) is 2.82. The number of alkyl halides is 3. The van der Waals surface area contributed by atoms with Gasteiger partial charge in [0.1, 0.15) is 5.75 Å². The van der Waals surface area contributed by atoms with Crippen molar-refractivity contribution >= 4 is 0 Å². The minimum Gasteiger partial charge on any atom is -0.496 e. The standard InChI is InChI=1S/C13H19F3N2O/c1-3-18(9-13(14,15)16)8-10-4-5-12(19-2)11(6-10)7-17/h4-6H,3,7-9,17H2,1-2H3. The predicted octanol–water partition coefficient (Wildman–Crippen LogP) is 2.54. The normalized spacial score (nSPS) is 11.9. The summed E-state index contributed by atoms with van der Waals surface area (Å²) in [5, 5.41) is 0. The Labute approximate surface area is 111 Å². The van der Waals surface area contributed by atoms with Gasteiger partial charge in [-0.3, -0.25) is 4.90 Å². The molecule has 0 spiro atoms. The number of ether oxygens (including phenoxy) is 1. The zero-order valence-corrected chi connectivity index (χ0v) is 11.1. The van der Waals surface area contributed by atoms with Crippen molar-refractivity contribution < 1.29 is 17.9 Å². The summed E-state index contributed by atoms with van der Waals surface area (Å²) in [6.45, 7) is 1.67. The van der Waals surface area contributed by atoms with Gasteiger partial charge < -0.3 is 10.5 Å². The van der Waals surface area contributed by atoms with E-state index in [0.29, 0.717) is 18.8 Å². The summed E-state index contributed by atoms with van der Waals surface area (Å²) in [7, 11) is 1.54.